The Kier molecular flexibility index (Phi) is 7.78. The van der Waals surface area contributed by atoms with E-state index in [0.29, 0.717) is 38.8 Å². The molecule has 3 fully saturated rings. The van der Waals surface area contributed by atoms with Crippen LogP contribution in [-0.4, -0.2) is 94.6 Å². The highest BCUT2D eigenvalue weighted by Crippen LogP contribution is 2.20. The molecule has 0 saturated carbocycles. The molecule has 0 bridgehead atoms. The molecule has 0 aromatic carbocycles. The summed E-state index contributed by atoms with van der Waals surface area (Å²) in [6.07, 6.45) is 2.09. The summed E-state index contributed by atoms with van der Waals surface area (Å²) >= 11 is 0. The first-order chi connectivity index (χ1) is 16.0. The molecule has 0 aliphatic carbocycles. The number of hydrogen-bond acceptors (Lipinski definition) is 6. The molecule has 0 aromatic rings. The maximum atomic E-state index is 13.0. The quantitative estimate of drug-likeness (QED) is 0.315. The van der Waals surface area contributed by atoms with Gasteiger partial charge >= 0.3 is 0 Å². The fraction of sp³-hybridized carbons (Fsp3) is 0.727. The number of amides is 6. The predicted octanol–water partition coefficient (Wildman–Crippen LogP) is -2.00. The molecule has 0 radical (unpaired) electrons. The molecule has 0 aromatic heterocycles. The number of nitrogens with one attached hydrogen (secondary N) is 4. The zero-order valence-corrected chi connectivity index (χ0v) is 20.1. The highest BCUT2D eigenvalue weighted by Gasteiger charge is 2.40. The third kappa shape index (κ3) is 5.31. The largest absolute Gasteiger partial charge is 0.343 e. The van der Waals surface area contributed by atoms with E-state index in [4.69, 9.17) is 0 Å². The summed E-state index contributed by atoms with van der Waals surface area (Å²) in [6, 6.07) is -5.22. The van der Waals surface area contributed by atoms with Crippen molar-refractivity contribution in [2.24, 2.45) is 0 Å². The Morgan fingerprint density at radius 3 is 1.21 bits per heavy atom. The molecule has 3 heterocycles. The van der Waals surface area contributed by atoms with Gasteiger partial charge in [0, 0.05) is 13.1 Å². The summed E-state index contributed by atoms with van der Waals surface area (Å²) in [5.74, 6) is -2.84. The molecule has 3 saturated heterocycles. The van der Waals surface area contributed by atoms with Gasteiger partial charge in [-0.15, -0.1) is 0 Å². The third-order valence-corrected chi connectivity index (χ3v) is 6.64. The van der Waals surface area contributed by atoms with Gasteiger partial charge in [-0.25, -0.2) is 0 Å². The lowest BCUT2D eigenvalue weighted by atomic mass is 10.1. The van der Waals surface area contributed by atoms with Crippen molar-refractivity contribution in [3.8, 4) is 0 Å². The molecule has 3 aliphatic rings. The molecule has 4 N–H and O–H groups in total. The average molecular weight is 479 g/mol. The van der Waals surface area contributed by atoms with Crippen molar-refractivity contribution in [3.05, 3.63) is 0 Å². The molecule has 34 heavy (non-hydrogen) atoms. The Bertz CT molecular complexity index is 808. The Balaban J connectivity index is 1.85. The molecule has 3 aliphatic heterocycles. The highest BCUT2D eigenvalue weighted by atomic mass is 16.2. The Hall–Kier alpha value is -3.18. The minimum atomic E-state index is -0.935. The van der Waals surface area contributed by atoms with Gasteiger partial charge in [-0.1, -0.05) is 0 Å². The van der Waals surface area contributed by atoms with Gasteiger partial charge in [-0.05, 0) is 53.4 Å². The lowest BCUT2D eigenvalue weighted by Crippen LogP contribution is -2.59. The lowest BCUT2D eigenvalue weighted by molar-refractivity contribution is -0.143. The van der Waals surface area contributed by atoms with Gasteiger partial charge in [0.05, 0.1) is 0 Å². The van der Waals surface area contributed by atoms with Gasteiger partial charge in [-0.3, -0.25) is 28.8 Å². The van der Waals surface area contributed by atoms with Crippen LogP contribution in [-0.2, 0) is 28.8 Å². The second-order valence-electron chi connectivity index (χ2n) is 9.30. The van der Waals surface area contributed by atoms with Crippen LogP contribution in [0.2, 0.25) is 0 Å². The first kappa shape index (κ1) is 25.4. The Morgan fingerprint density at radius 1 is 0.529 bits per heavy atom. The second-order valence-corrected chi connectivity index (χ2v) is 9.30. The van der Waals surface area contributed by atoms with Crippen molar-refractivity contribution in [2.75, 3.05) is 13.1 Å². The van der Waals surface area contributed by atoms with Crippen molar-refractivity contribution < 1.29 is 28.8 Å². The van der Waals surface area contributed by atoms with Crippen molar-refractivity contribution in [1.29, 1.82) is 0 Å². The summed E-state index contributed by atoms with van der Waals surface area (Å²) < 4.78 is 0. The number of hydrogen-bond donors (Lipinski definition) is 4. The van der Waals surface area contributed by atoms with Gasteiger partial charge in [0.2, 0.25) is 35.4 Å². The van der Waals surface area contributed by atoms with E-state index >= 15 is 0 Å². The summed E-state index contributed by atoms with van der Waals surface area (Å²) in [5, 5.41) is 10.5. The van der Waals surface area contributed by atoms with E-state index in [-0.39, 0.29) is 0 Å². The van der Waals surface area contributed by atoms with Crippen LogP contribution in [0.3, 0.4) is 0 Å². The van der Waals surface area contributed by atoms with Crippen LogP contribution in [0.15, 0.2) is 0 Å². The number of nitrogens with zero attached hydrogens (tertiary/aromatic N) is 2. The molecule has 12 heteroatoms. The molecular weight excluding hydrogens is 444 g/mol. The molecular formula is C22H34N6O6. The first-order valence-electron chi connectivity index (χ1n) is 11.8. The zero-order chi connectivity index (χ0) is 25.2. The molecule has 188 valence electrons. The van der Waals surface area contributed by atoms with E-state index < -0.39 is 71.7 Å². The summed E-state index contributed by atoms with van der Waals surface area (Å²) in [4.78, 5) is 79.8. The molecule has 12 nitrogen and oxygen atoms in total. The normalized spacial score (nSPS) is 34.4. The van der Waals surface area contributed by atoms with Crippen LogP contribution in [0, 0.1) is 0 Å². The number of carbonyl (C=O) groups excluding carboxylic acids is 6. The highest BCUT2D eigenvalue weighted by molar-refractivity contribution is 5.98. The molecule has 6 atom stereocenters. The van der Waals surface area contributed by atoms with Crippen molar-refractivity contribution in [1.82, 2.24) is 31.1 Å². The van der Waals surface area contributed by atoms with Gasteiger partial charge < -0.3 is 31.1 Å². The third-order valence-electron chi connectivity index (χ3n) is 6.64. The fourth-order valence-electron chi connectivity index (χ4n) is 4.65. The van der Waals surface area contributed by atoms with Crippen LogP contribution in [0.5, 0.6) is 0 Å². The minimum Gasteiger partial charge on any atom is -0.343 e. The van der Waals surface area contributed by atoms with Crippen molar-refractivity contribution in [2.45, 2.75) is 89.6 Å². The second kappa shape index (κ2) is 10.4. The van der Waals surface area contributed by atoms with Gasteiger partial charge in [0.15, 0.2) is 0 Å². The van der Waals surface area contributed by atoms with Crippen LogP contribution in [0.1, 0.15) is 53.4 Å². The standard InChI is InChI=1S/C22H34N6O6/c1-11-17(29)25-13(3)21(33)28-10-6-8-16(28)20(32)24-12(2)18(30)26-14(4)22(34)27-9-5-7-15(27)19(31)23-11/h11-16H,5-10H2,1-4H3,(H,23,31)(H,24,32)(H,25,29)(H,26,30)/t11-,12-,13-,14-,15-,16-/m0/s1. The Morgan fingerprint density at radius 2 is 0.853 bits per heavy atom. The average Bonchev–Trinajstić information content (AvgIpc) is 3.46. The molecule has 6 amide bonds. The van der Waals surface area contributed by atoms with E-state index in [0.717, 1.165) is 0 Å². The number of fused-ring (bicyclic) bond motifs is 2. The van der Waals surface area contributed by atoms with E-state index in [9.17, 15) is 28.8 Å². The van der Waals surface area contributed by atoms with Gasteiger partial charge in [-0.2, -0.15) is 0 Å². The smallest absolute Gasteiger partial charge is 0.245 e. The maximum absolute atomic E-state index is 13.0. The Labute approximate surface area is 198 Å². The summed E-state index contributed by atoms with van der Waals surface area (Å²) in [6.45, 7) is 6.75. The molecule has 3 rings (SSSR count). The predicted molar refractivity (Wildman–Crippen MR) is 120 cm³/mol. The van der Waals surface area contributed by atoms with Crippen LogP contribution >= 0.6 is 0 Å². The van der Waals surface area contributed by atoms with E-state index in [1.807, 2.05) is 0 Å². The van der Waals surface area contributed by atoms with Crippen LogP contribution in [0.25, 0.3) is 0 Å². The van der Waals surface area contributed by atoms with Crippen molar-refractivity contribution >= 4 is 35.4 Å². The minimum absolute atomic E-state index is 0.354. The van der Waals surface area contributed by atoms with Crippen LogP contribution < -0.4 is 21.3 Å². The number of carbonyl (C=O) groups is 6. The monoisotopic (exact) mass is 478 g/mol. The van der Waals surface area contributed by atoms with Gasteiger partial charge in [0.25, 0.3) is 0 Å². The first-order valence-corrected chi connectivity index (χ1v) is 11.8. The molecule has 0 spiro atoms. The van der Waals surface area contributed by atoms with E-state index in [1.165, 1.54) is 37.5 Å². The van der Waals surface area contributed by atoms with Gasteiger partial charge in [0.1, 0.15) is 36.3 Å². The maximum Gasteiger partial charge on any atom is 0.245 e. The molecule has 0 unspecified atom stereocenters. The van der Waals surface area contributed by atoms with E-state index in [2.05, 4.69) is 21.3 Å². The number of rotatable bonds is 0. The summed E-state index contributed by atoms with van der Waals surface area (Å²) in [7, 11) is 0. The fourth-order valence-corrected chi connectivity index (χ4v) is 4.65. The topological polar surface area (TPSA) is 157 Å². The summed E-state index contributed by atoms with van der Waals surface area (Å²) in [5.41, 5.74) is 0. The van der Waals surface area contributed by atoms with E-state index in [1.54, 1.807) is 0 Å². The van der Waals surface area contributed by atoms with Crippen LogP contribution in [0.4, 0.5) is 0 Å². The van der Waals surface area contributed by atoms with Crippen molar-refractivity contribution in [3.63, 3.8) is 0 Å². The zero-order valence-electron chi connectivity index (χ0n) is 20.1. The lowest BCUT2D eigenvalue weighted by Gasteiger charge is -2.30. The SMILES string of the molecule is C[C@@H]1NC(=O)[C@@H]2CCCN2C(=O)[C@H](C)NC(=O)[C@H](C)NC(=O)[C@@H]2CCCN2C(=O)[C@H](C)NC1=O.